The molecule has 1 aliphatic carbocycles. The van der Waals surface area contributed by atoms with Crippen LogP contribution in [0.15, 0.2) is 17.5 Å². The molecule has 16 heavy (non-hydrogen) atoms. The molecule has 2 heteroatoms. The highest BCUT2D eigenvalue weighted by Crippen LogP contribution is 2.30. The van der Waals surface area contributed by atoms with Crippen LogP contribution in [0.4, 0.5) is 0 Å². The number of hydrogen-bond acceptors (Lipinski definition) is 2. The van der Waals surface area contributed by atoms with Gasteiger partial charge in [-0.1, -0.05) is 19.9 Å². The predicted octanol–water partition coefficient (Wildman–Crippen LogP) is 4.22. The van der Waals surface area contributed by atoms with E-state index in [2.05, 4.69) is 43.6 Å². The second kappa shape index (κ2) is 5.33. The van der Waals surface area contributed by atoms with Gasteiger partial charge in [0.25, 0.3) is 0 Å². The van der Waals surface area contributed by atoms with Crippen molar-refractivity contribution in [2.45, 2.75) is 52.1 Å². The van der Waals surface area contributed by atoms with Crippen molar-refractivity contribution in [2.24, 2.45) is 11.8 Å². The molecule has 1 heterocycles. The largest absolute Gasteiger partial charge is 0.306 e. The molecule has 1 N–H and O–H groups in total. The SMILES string of the molecule is CC1CCC(N[C@H](C)c2cccs2)C(C)C1. The summed E-state index contributed by atoms with van der Waals surface area (Å²) in [7, 11) is 0. The fraction of sp³-hybridized carbons (Fsp3) is 0.714. The minimum atomic E-state index is 0.515. The van der Waals surface area contributed by atoms with Crippen LogP contribution in [0, 0.1) is 11.8 Å². The van der Waals surface area contributed by atoms with Gasteiger partial charge in [0, 0.05) is 17.0 Å². The third kappa shape index (κ3) is 2.86. The van der Waals surface area contributed by atoms with Crippen molar-refractivity contribution in [2.75, 3.05) is 0 Å². The highest BCUT2D eigenvalue weighted by atomic mass is 32.1. The van der Waals surface area contributed by atoms with E-state index in [4.69, 9.17) is 0 Å². The molecular weight excluding hydrogens is 214 g/mol. The van der Waals surface area contributed by atoms with Crippen LogP contribution in [-0.2, 0) is 0 Å². The summed E-state index contributed by atoms with van der Waals surface area (Å²) in [5.41, 5.74) is 0. The average molecular weight is 237 g/mol. The van der Waals surface area contributed by atoms with E-state index in [-0.39, 0.29) is 0 Å². The summed E-state index contributed by atoms with van der Waals surface area (Å²) < 4.78 is 0. The number of hydrogen-bond donors (Lipinski definition) is 1. The van der Waals surface area contributed by atoms with Gasteiger partial charge in [-0.3, -0.25) is 0 Å². The van der Waals surface area contributed by atoms with E-state index in [1.165, 1.54) is 24.1 Å². The lowest BCUT2D eigenvalue weighted by molar-refractivity contribution is 0.217. The lowest BCUT2D eigenvalue weighted by atomic mass is 9.79. The van der Waals surface area contributed by atoms with Gasteiger partial charge >= 0.3 is 0 Å². The monoisotopic (exact) mass is 237 g/mol. The molecule has 0 bridgehead atoms. The van der Waals surface area contributed by atoms with Crippen molar-refractivity contribution < 1.29 is 0 Å². The molecule has 1 saturated carbocycles. The highest BCUT2D eigenvalue weighted by molar-refractivity contribution is 7.10. The zero-order valence-electron chi connectivity index (χ0n) is 10.6. The lowest BCUT2D eigenvalue weighted by Gasteiger charge is -2.35. The Hall–Kier alpha value is -0.340. The number of thiophene rings is 1. The number of rotatable bonds is 3. The van der Waals surface area contributed by atoms with Crippen molar-refractivity contribution in [1.82, 2.24) is 5.32 Å². The predicted molar refractivity (Wildman–Crippen MR) is 71.8 cm³/mol. The Kier molecular flexibility index (Phi) is 4.04. The van der Waals surface area contributed by atoms with E-state index in [0.29, 0.717) is 12.1 Å². The van der Waals surface area contributed by atoms with E-state index >= 15 is 0 Å². The number of nitrogens with one attached hydrogen (secondary N) is 1. The summed E-state index contributed by atoms with van der Waals surface area (Å²) in [6.07, 6.45) is 4.12. The molecule has 90 valence electrons. The van der Waals surface area contributed by atoms with Crippen LogP contribution >= 0.6 is 11.3 Å². The van der Waals surface area contributed by atoms with Gasteiger partial charge in [-0.25, -0.2) is 0 Å². The van der Waals surface area contributed by atoms with Crippen molar-refractivity contribution in [3.05, 3.63) is 22.4 Å². The maximum absolute atomic E-state index is 3.80. The molecule has 2 rings (SSSR count). The summed E-state index contributed by atoms with van der Waals surface area (Å²) in [6, 6.07) is 5.61. The Balaban J connectivity index is 1.89. The van der Waals surface area contributed by atoms with Gasteiger partial charge in [0.2, 0.25) is 0 Å². The first-order valence-electron chi connectivity index (χ1n) is 6.46. The summed E-state index contributed by atoms with van der Waals surface area (Å²) in [6.45, 7) is 7.07. The summed E-state index contributed by atoms with van der Waals surface area (Å²) in [5.74, 6) is 1.75. The van der Waals surface area contributed by atoms with Gasteiger partial charge in [0.1, 0.15) is 0 Å². The Bertz CT molecular complexity index is 307. The molecule has 4 atom stereocenters. The quantitative estimate of drug-likeness (QED) is 0.830. The molecule has 0 saturated heterocycles. The maximum atomic E-state index is 3.80. The Morgan fingerprint density at radius 3 is 2.81 bits per heavy atom. The molecular formula is C14H23NS. The van der Waals surface area contributed by atoms with Gasteiger partial charge in [-0.2, -0.15) is 0 Å². The summed E-state index contributed by atoms with van der Waals surface area (Å²) in [5, 5.41) is 5.97. The summed E-state index contributed by atoms with van der Waals surface area (Å²) >= 11 is 1.86. The second-order valence-corrected chi connectivity index (χ2v) is 6.39. The Labute approximate surface area is 103 Å². The minimum Gasteiger partial charge on any atom is -0.306 e. The topological polar surface area (TPSA) is 12.0 Å². The molecule has 1 aliphatic rings. The van der Waals surface area contributed by atoms with Crippen LogP contribution in [0.25, 0.3) is 0 Å². The molecule has 1 fully saturated rings. The highest BCUT2D eigenvalue weighted by Gasteiger charge is 2.26. The zero-order valence-corrected chi connectivity index (χ0v) is 11.4. The molecule has 0 radical (unpaired) electrons. The Morgan fingerprint density at radius 2 is 2.19 bits per heavy atom. The van der Waals surface area contributed by atoms with Gasteiger partial charge in [0.15, 0.2) is 0 Å². The van der Waals surface area contributed by atoms with Crippen molar-refractivity contribution >= 4 is 11.3 Å². The fourth-order valence-electron chi connectivity index (χ4n) is 2.85. The van der Waals surface area contributed by atoms with Crippen molar-refractivity contribution in [3.63, 3.8) is 0 Å². The average Bonchev–Trinajstić information content (AvgIpc) is 2.75. The van der Waals surface area contributed by atoms with Gasteiger partial charge < -0.3 is 5.32 Å². The molecule has 1 aromatic rings. The van der Waals surface area contributed by atoms with Gasteiger partial charge in [-0.05, 0) is 49.5 Å². The maximum Gasteiger partial charge on any atom is 0.0388 e. The molecule has 3 unspecified atom stereocenters. The van der Waals surface area contributed by atoms with Crippen LogP contribution in [0.2, 0.25) is 0 Å². The standard InChI is InChI=1S/C14H23NS/c1-10-6-7-13(11(2)9-10)15-12(3)14-5-4-8-16-14/h4-5,8,10-13,15H,6-7,9H2,1-3H3/t10?,11?,12-,13?/m1/s1. The van der Waals surface area contributed by atoms with Crippen molar-refractivity contribution in [3.8, 4) is 0 Å². The lowest BCUT2D eigenvalue weighted by Crippen LogP contribution is -2.40. The first kappa shape index (κ1) is 12.1. The van der Waals surface area contributed by atoms with Crippen LogP contribution < -0.4 is 5.32 Å². The smallest absolute Gasteiger partial charge is 0.0388 e. The first-order chi connectivity index (χ1) is 7.66. The molecule has 1 aromatic heterocycles. The normalized spacial score (nSPS) is 32.6. The van der Waals surface area contributed by atoms with Crippen LogP contribution in [0.1, 0.15) is 51.0 Å². The van der Waals surface area contributed by atoms with Gasteiger partial charge in [-0.15, -0.1) is 11.3 Å². The van der Waals surface area contributed by atoms with Crippen LogP contribution in [0.3, 0.4) is 0 Å². The third-order valence-electron chi connectivity index (χ3n) is 3.87. The minimum absolute atomic E-state index is 0.515. The van der Waals surface area contributed by atoms with E-state index in [9.17, 15) is 0 Å². The second-order valence-electron chi connectivity index (χ2n) is 5.41. The Morgan fingerprint density at radius 1 is 1.38 bits per heavy atom. The van der Waals surface area contributed by atoms with Crippen LogP contribution in [0.5, 0.6) is 0 Å². The zero-order chi connectivity index (χ0) is 11.5. The summed E-state index contributed by atoms with van der Waals surface area (Å²) in [4.78, 5) is 1.46. The van der Waals surface area contributed by atoms with E-state index in [0.717, 1.165) is 11.8 Å². The van der Waals surface area contributed by atoms with E-state index in [1.54, 1.807) is 0 Å². The first-order valence-corrected chi connectivity index (χ1v) is 7.34. The molecule has 0 aromatic carbocycles. The van der Waals surface area contributed by atoms with Crippen molar-refractivity contribution in [1.29, 1.82) is 0 Å². The fourth-order valence-corrected chi connectivity index (χ4v) is 3.60. The molecule has 0 aliphatic heterocycles. The van der Waals surface area contributed by atoms with Gasteiger partial charge in [0.05, 0.1) is 0 Å². The van der Waals surface area contributed by atoms with E-state index in [1.807, 2.05) is 11.3 Å². The molecule has 0 spiro atoms. The molecule has 1 nitrogen and oxygen atoms in total. The molecule has 0 amide bonds. The third-order valence-corrected chi connectivity index (χ3v) is 4.92. The van der Waals surface area contributed by atoms with Crippen LogP contribution in [-0.4, -0.2) is 6.04 Å². The van der Waals surface area contributed by atoms with E-state index < -0.39 is 0 Å².